The number of allylic oxidation sites excluding steroid dienone is 2. The van der Waals surface area contributed by atoms with Gasteiger partial charge in [-0.2, -0.15) is 0 Å². The molecule has 0 bridgehead atoms. The number of anilines is 1. The van der Waals surface area contributed by atoms with Crippen molar-refractivity contribution in [2.45, 2.75) is 38.1 Å². The highest BCUT2D eigenvalue weighted by Gasteiger charge is 2.38. The Morgan fingerprint density at radius 1 is 1.07 bits per heavy atom. The van der Waals surface area contributed by atoms with Gasteiger partial charge in [-0.3, -0.25) is 0 Å². The molecule has 142 valence electrons. The van der Waals surface area contributed by atoms with E-state index in [0.717, 1.165) is 12.2 Å². The fourth-order valence-electron chi connectivity index (χ4n) is 4.32. The Morgan fingerprint density at radius 2 is 1.89 bits per heavy atom. The van der Waals surface area contributed by atoms with E-state index in [2.05, 4.69) is 73.8 Å². The molecule has 3 heteroatoms. The quantitative estimate of drug-likeness (QED) is 0.530. The predicted octanol–water partition coefficient (Wildman–Crippen LogP) is 5.66. The van der Waals surface area contributed by atoms with E-state index in [4.69, 9.17) is 9.47 Å². The van der Waals surface area contributed by atoms with Crippen molar-refractivity contribution >= 4 is 5.69 Å². The SMILES string of the molecule is COCCOc1ccc2c(c1)C1C=CCC1C(c1ccc(C(C)C)cc1)N2. The highest BCUT2D eigenvalue weighted by atomic mass is 16.5. The summed E-state index contributed by atoms with van der Waals surface area (Å²) in [5.74, 6) is 2.49. The molecule has 2 aromatic carbocycles. The molecule has 1 heterocycles. The predicted molar refractivity (Wildman–Crippen MR) is 111 cm³/mol. The lowest BCUT2D eigenvalue weighted by Gasteiger charge is -2.37. The van der Waals surface area contributed by atoms with E-state index in [1.54, 1.807) is 7.11 Å². The molecule has 0 saturated carbocycles. The fraction of sp³-hybridized carbons (Fsp3) is 0.417. The molecule has 4 rings (SSSR count). The second-order valence-corrected chi connectivity index (χ2v) is 7.89. The van der Waals surface area contributed by atoms with Crippen LogP contribution in [0.15, 0.2) is 54.6 Å². The van der Waals surface area contributed by atoms with Crippen LogP contribution in [-0.4, -0.2) is 20.3 Å². The molecule has 0 amide bonds. The molecule has 27 heavy (non-hydrogen) atoms. The molecule has 0 radical (unpaired) electrons. The van der Waals surface area contributed by atoms with Gasteiger partial charge in [0.25, 0.3) is 0 Å². The van der Waals surface area contributed by atoms with Crippen molar-refractivity contribution in [2.75, 3.05) is 25.6 Å². The Hall–Kier alpha value is -2.26. The van der Waals surface area contributed by atoms with Crippen molar-refractivity contribution in [3.63, 3.8) is 0 Å². The highest BCUT2D eigenvalue weighted by Crippen LogP contribution is 2.50. The Bertz CT molecular complexity index is 810. The van der Waals surface area contributed by atoms with Crippen molar-refractivity contribution in [3.05, 3.63) is 71.3 Å². The summed E-state index contributed by atoms with van der Waals surface area (Å²) in [5, 5.41) is 3.81. The smallest absolute Gasteiger partial charge is 0.119 e. The molecule has 3 nitrogen and oxygen atoms in total. The lowest BCUT2D eigenvalue weighted by Crippen LogP contribution is -2.29. The van der Waals surface area contributed by atoms with Gasteiger partial charge in [-0.05, 0) is 53.1 Å². The van der Waals surface area contributed by atoms with Gasteiger partial charge in [-0.25, -0.2) is 0 Å². The van der Waals surface area contributed by atoms with Gasteiger partial charge in [0, 0.05) is 18.7 Å². The van der Waals surface area contributed by atoms with Gasteiger partial charge < -0.3 is 14.8 Å². The molecule has 2 aromatic rings. The number of hydrogen-bond donors (Lipinski definition) is 1. The van der Waals surface area contributed by atoms with Crippen molar-refractivity contribution in [3.8, 4) is 5.75 Å². The molecule has 1 N–H and O–H groups in total. The molecular formula is C24H29NO2. The van der Waals surface area contributed by atoms with Gasteiger partial charge in [0.15, 0.2) is 0 Å². The summed E-state index contributed by atoms with van der Waals surface area (Å²) in [4.78, 5) is 0. The number of rotatable bonds is 6. The molecule has 2 aliphatic rings. The minimum absolute atomic E-state index is 0.346. The Morgan fingerprint density at radius 3 is 2.63 bits per heavy atom. The zero-order valence-electron chi connectivity index (χ0n) is 16.4. The van der Waals surface area contributed by atoms with E-state index in [1.165, 1.54) is 22.4 Å². The van der Waals surface area contributed by atoms with Crippen LogP contribution in [0.5, 0.6) is 5.75 Å². The van der Waals surface area contributed by atoms with Gasteiger partial charge in [0.2, 0.25) is 0 Å². The number of fused-ring (bicyclic) bond motifs is 3. The minimum Gasteiger partial charge on any atom is -0.491 e. The van der Waals surface area contributed by atoms with Gasteiger partial charge in [0.05, 0.1) is 12.6 Å². The third-order valence-corrected chi connectivity index (χ3v) is 5.85. The van der Waals surface area contributed by atoms with E-state index in [9.17, 15) is 0 Å². The van der Waals surface area contributed by atoms with Crippen LogP contribution < -0.4 is 10.1 Å². The van der Waals surface area contributed by atoms with Crippen LogP contribution in [0.25, 0.3) is 0 Å². The van der Waals surface area contributed by atoms with Crippen molar-refractivity contribution < 1.29 is 9.47 Å². The van der Waals surface area contributed by atoms with Crippen LogP contribution in [-0.2, 0) is 4.74 Å². The first-order chi connectivity index (χ1) is 13.2. The zero-order valence-corrected chi connectivity index (χ0v) is 16.4. The van der Waals surface area contributed by atoms with Crippen LogP contribution in [0.2, 0.25) is 0 Å². The Labute approximate surface area is 162 Å². The minimum atomic E-state index is 0.346. The lowest BCUT2D eigenvalue weighted by atomic mass is 9.77. The summed E-state index contributed by atoms with van der Waals surface area (Å²) in [7, 11) is 1.70. The molecule has 0 aromatic heterocycles. The zero-order chi connectivity index (χ0) is 18.8. The largest absolute Gasteiger partial charge is 0.491 e. The molecule has 1 aliphatic carbocycles. The normalized spacial score (nSPS) is 23.0. The summed E-state index contributed by atoms with van der Waals surface area (Å²) in [6.45, 7) is 5.67. The summed E-state index contributed by atoms with van der Waals surface area (Å²) < 4.78 is 10.9. The van der Waals surface area contributed by atoms with E-state index in [0.29, 0.717) is 37.0 Å². The van der Waals surface area contributed by atoms with Crippen LogP contribution in [0.1, 0.15) is 54.8 Å². The van der Waals surface area contributed by atoms with Crippen LogP contribution >= 0.6 is 0 Å². The molecule has 0 saturated heterocycles. The maximum atomic E-state index is 5.83. The van der Waals surface area contributed by atoms with Crippen molar-refractivity contribution in [1.29, 1.82) is 0 Å². The summed E-state index contributed by atoms with van der Waals surface area (Å²) >= 11 is 0. The summed E-state index contributed by atoms with van der Waals surface area (Å²) in [6, 6.07) is 15.9. The molecule has 0 spiro atoms. The van der Waals surface area contributed by atoms with E-state index < -0.39 is 0 Å². The first-order valence-electron chi connectivity index (χ1n) is 9.96. The van der Waals surface area contributed by atoms with Crippen molar-refractivity contribution in [2.24, 2.45) is 5.92 Å². The number of benzene rings is 2. The molecule has 3 atom stereocenters. The Balaban J connectivity index is 1.60. The molecular weight excluding hydrogens is 334 g/mol. The van der Waals surface area contributed by atoms with Crippen LogP contribution in [0.4, 0.5) is 5.69 Å². The lowest BCUT2D eigenvalue weighted by molar-refractivity contribution is 0.146. The maximum absolute atomic E-state index is 5.83. The Kier molecular flexibility index (Phi) is 5.22. The van der Waals surface area contributed by atoms with E-state index >= 15 is 0 Å². The highest BCUT2D eigenvalue weighted by molar-refractivity contribution is 5.61. The first-order valence-corrected chi connectivity index (χ1v) is 9.96. The maximum Gasteiger partial charge on any atom is 0.119 e. The average molecular weight is 364 g/mol. The van der Waals surface area contributed by atoms with E-state index in [-0.39, 0.29) is 0 Å². The summed E-state index contributed by atoms with van der Waals surface area (Å²) in [6.07, 6.45) is 5.82. The number of ether oxygens (including phenoxy) is 2. The number of methoxy groups -OCH3 is 1. The van der Waals surface area contributed by atoms with Gasteiger partial charge >= 0.3 is 0 Å². The van der Waals surface area contributed by atoms with Crippen LogP contribution in [0.3, 0.4) is 0 Å². The second kappa shape index (κ2) is 7.77. The monoisotopic (exact) mass is 363 g/mol. The van der Waals surface area contributed by atoms with Gasteiger partial charge in [-0.15, -0.1) is 0 Å². The van der Waals surface area contributed by atoms with E-state index in [1.807, 2.05) is 0 Å². The molecule has 0 fully saturated rings. The third-order valence-electron chi connectivity index (χ3n) is 5.85. The van der Waals surface area contributed by atoms with Crippen molar-refractivity contribution in [1.82, 2.24) is 0 Å². The molecule has 1 aliphatic heterocycles. The number of nitrogens with one attached hydrogen (secondary N) is 1. The molecule has 3 unspecified atom stereocenters. The number of hydrogen-bond acceptors (Lipinski definition) is 3. The second-order valence-electron chi connectivity index (χ2n) is 7.89. The van der Waals surface area contributed by atoms with Gasteiger partial charge in [-0.1, -0.05) is 50.3 Å². The topological polar surface area (TPSA) is 30.5 Å². The first kappa shape index (κ1) is 18.1. The van der Waals surface area contributed by atoms with Gasteiger partial charge in [0.1, 0.15) is 12.4 Å². The third kappa shape index (κ3) is 3.61. The van der Waals surface area contributed by atoms with Crippen LogP contribution in [0, 0.1) is 5.92 Å². The fourth-order valence-corrected chi connectivity index (χ4v) is 4.32. The summed E-state index contributed by atoms with van der Waals surface area (Å²) in [5.41, 5.74) is 5.34. The standard InChI is InChI=1S/C24H29NO2/c1-16(2)17-7-9-18(10-8-17)24-21-6-4-5-20(21)22-15-19(27-14-13-26-3)11-12-23(22)25-24/h4-5,7-12,15-16,20-21,24-25H,6,13-14H2,1-3H3. The average Bonchev–Trinajstić information content (AvgIpc) is 3.18.